The Hall–Kier alpha value is -3.14. The molecule has 10 heteroatoms. The fourth-order valence-electron chi connectivity index (χ4n) is 3.33. The van der Waals surface area contributed by atoms with Crippen LogP contribution in [0.4, 0.5) is 5.00 Å². The van der Waals surface area contributed by atoms with E-state index in [0.29, 0.717) is 34.2 Å². The SMILES string of the molecule is CCOC(=O)c1[nH]c(C)c(C(=O)OCC(=O)Nc2scc(CC(C)C)c2C(=O)OCC)c1C. The summed E-state index contributed by atoms with van der Waals surface area (Å²) in [5, 5.41) is 4.81. The molecule has 0 unspecified atom stereocenters. The van der Waals surface area contributed by atoms with Gasteiger partial charge in [0.1, 0.15) is 10.7 Å². The van der Waals surface area contributed by atoms with E-state index in [4.69, 9.17) is 14.2 Å². The molecule has 0 aliphatic carbocycles. The Kier molecular flexibility index (Phi) is 9.22. The normalized spacial score (nSPS) is 10.8. The standard InChI is InChI=1S/C23H30N2O7S/c1-7-30-22(28)18-15(9-12(3)4)11-33-20(18)25-16(26)10-32-21(27)17-13(5)19(24-14(17)6)23(29)31-8-2/h11-12,24H,7-10H2,1-6H3,(H,25,26). The number of hydrogen-bond acceptors (Lipinski definition) is 8. The molecule has 0 aliphatic heterocycles. The lowest BCUT2D eigenvalue weighted by Crippen LogP contribution is -2.22. The lowest BCUT2D eigenvalue weighted by Gasteiger charge is -2.10. The van der Waals surface area contributed by atoms with Crippen molar-refractivity contribution in [1.29, 1.82) is 0 Å². The fraction of sp³-hybridized carbons (Fsp3) is 0.478. The second-order valence-electron chi connectivity index (χ2n) is 7.75. The van der Waals surface area contributed by atoms with Gasteiger partial charge in [0.15, 0.2) is 6.61 Å². The van der Waals surface area contributed by atoms with Crippen LogP contribution >= 0.6 is 11.3 Å². The number of hydrogen-bond donors (Lipinski definition) is 2. The van der Waals surface area contributed by atoms with Crippen LogP contribution in [0.2, 0.25) is 0 Å². The van der Waals surface area contributed by atoms with Crippen molar-refractivity contribution in [1.82, 2.24) is 4.98 Å². The molecule has 9 nitrogen and oxygen atoms in total. The van der Waals surface area contributed by atoms with E-state index in [-0.39, 0.29) is 24.5 Å². The molecule has 0 bridgehead atoms. The van der Waals surface area contributed by atoms with Crippen LogP contribution in [0, 0.1) is 19.8 Å². The first-order valence-electron chi connectivity index (χ1n) is 10.7. The summed E-state index contributed by atoms with van der Waals surface area (Å²) in [6, 6.07) is 0. The van der Waals surface area contributed by atoms with E-state index in [9.17, 15) is 19.2 Å². The quantitative estimate of drug-likeness (QED) is 0.390. The first-order valence-corrected chi connectivity index (χ1v) is 11.6. The highest BCUT2D eigenvalue weighted by atomic mass is 32.1. The molecule has 0 saturated heterocycles. The highest BCUT2D eigenvalue weighted by Crippen LogP contribution is 2.31. The maximum Gasteiger partial charge on any atom is 0.355 e. The van der Waals surface area contributed by atoms with Crippen molar-refractivity contribution in [2.45, 2.75) is 48.0 Å². The molecule has 0 saturated carbocycles. The molecule has 0 aliphatic rings. The first kappa shape index (κ1) is 26.1. The topological polar surface area (TPSA) is 124 Å². The molecule has 1 amide bonds. The van der Waals surface area contributed by atoms with Gasteiger partial charge in [0.05, 0.1) is 24.3 Å². The lowest BCUT2D eigenvalue weighted by molar-refractivity contribution is -0.119. The summed E-state index contributed by atoms with van der Waals surface area (Å²) in [6.07, 6.45) is 0.657. The molecule has 2 heterocycles. The predicted molar refractivity (Wildman–Crippen MR) is 124 cm³/mol. The number of aromatic amines is 1. The number of esters is 3. The van der Waals surface area contributed by atoms with Gasteiger partial charge in [-0.1, -0.05) is 13.8 Å². The summed E-state index contributed by atoms with van der Waals surface area (Å²) in [4.78, 5) is 52.3. The van der Waals surface area contributed by atoms with E-state index in [1.807, 2.05) is 19.2 Å². The Bertz CT molecular complexity index is 1040. The average Bonchev–Trinajstić information content (AvgIpc) is 3.25. The maximum absolute atomic E-state index is 12.6. The van der Waals surface area contributed by atoms with Gasteiger partial charge in [-0.3, -0.25) is 4.79 Å². The summed E-state index contributed by atoms with van der Waals surface area (Å²) in [5.74, 6) is -2.11. The van der Waals surface area contributed by atoms with E-state index in [2.05, 4.69) is 10.3 Å². The number of aromatic nitrogens is 1. The number of anilines is 1. The van der Waals surface area contributed by atoms with Crippen molar-refractivity contribution in [3.05, 3.63) is 39.0 Å². The third kappa shape index (κ3) is 6.44. The number of thiophene rings is 1. The Balaban J connectivity index is 2.11. The van der Waals surface area contributed by atoms with Crippen molar-refractivity contribution in [2.24, 2.45) is 5.92 Å². The molecule has 0 aromatic carbocycles. The van der Waals surface area contributed by atoms with Crippen molar-refractivity contribution in [2.75, 3.05) is 25.1 Å². The van der Waals surface area contributed by atoms with Crippen LogP contribution < -0.4 is 5.32 Å². The summed E-state index contributed by atoms with van der Waals surface area (Å²) in [5.41, 5.74) is 2.28. The van der Waals surface area contributed by atoms with Crippen LogP contribution in [0.25, 0.3) is 0 Å². The Morgan fingerprint density at radius 1 is 0.970 bits per heavy atom. The molecule has 0 fully saturated rings. The van der Waals surface area contributed by atoms with Crippen LogP contribution in [0.3, 0.4) is 0 Å². The van der Waals surface area contributed by atoms with Gasteiger partial charge in [-0.15, -0.1) is 11.3 Å². The third-order valence-corrected chi connectivity index (χ3v) is 5.63. The third-order valence-electron chi connectivity index (χ3n) is 4.68. The molecule has 180 valence electrons. The number of nitrogens with one attached hydrogen (secondary N) is 2. The first-order chi connectivity index (χ1) is 15.6. The van der Waals surface area contributed by atoms with E-state index in [0.717, 1.165) is 5.56 Å². The lowest BCUT2D eigenvalue weighted by atomic mass is 10.0. The molecule has 0 spiro atoms. The Morgan fingerprint density at radius 3 is 2.18 bits per heavy atom. The van der Waals surface area contributed by atoms with Gasteiger partial charge in [0, 0.05) is 5.69 Å². The summed E-state index contributed by atoms with van der Waals surface area (Å²) >= 11 is 1.22. The number of ether oxygens (including phenoxy) is 3. The van der Waals surface area contributed by atoms with Gasteiger partial charge < -0.3 is 24.5 Å². The van der Waals surface area contributed by atoms with Gasteiger partial charge in [-0.2, -0.15) is 0 Å². The largest absolute Gasteiger partial charge is 0.462 e. The summed E-state index contributed by atoms with van der Waals surface area (Å²) in [7, 11) is 0. The van der Waals surface area contributed by atoms with Gasteiger partial charge in [-0.05, 0) is 56.5 Å². The molecule has 2 aromatic heterocycles. The predicted octanol–water partition coefficient (Wildman–Crippen LogP) is 4.04. The second kappa shape index (κ2) is 11.6. The molecule has 0 radical (unpaired) electrons. The molecule has 2 rings (SSSR count). The minimum Gasteiger partial charge on any atom is -0.462 e. The van der Waals surface area contributed by atoms with Crippen molar-refractivity contribution >= 4 is 40.2 Å². The highest BCUT2D eigenvalue weighted by Gasteiger charge is 2.25. The summed E-state index contributed by atoms with van der Waals surface area (Å²) in [6.45, 7) is 10.5. The fourth-order valence-corrected chi connectivity index (χ4v) is 4.31. The monoisotopic (exact) mass is 478 g/mol. The van der Waals surface area contributed by atoms with Crippen LogP contribution in [-0.2, 0) is 25.4 Å². The van der Waals surface area contributed by atoms with E-state index in [1.165, 1.54) is 11.3 Å². The molecular formula is C23H30N2O7S. The van der Waals surface area contributed by atoms with Crippen molar-refractivity contribution in [3.63, 3.8) is 0 Å². The zero-order chi connectivity index (χ0) is 24.7. The van der Waals surface area contributed by atoms with Gasteiger partial charge in [0.25, 0.3) is 5.91 Å². The smallest absolute Gasteiger partial charge is 0.355 e. The molecular weight excluding hydrogens is 448 g/mol. The van der Waals surface area contributed by atoms with Crippen LogP contribution in [0.5, 0.6) is 0 Å². The Morgan fingerprint density at radius 2 is 1.58 bits per heavy atom. The number of carbonyl (C=O) groups is 4. The van der Waals surface area contributed by atoms with Gasteiger partial charge in [0.2, 0.25) is 0 Å². The number of amides is 1. The van der Waals surface area contributed by atoms with Crippen LogP contribution in [0.1, 0.15) is 75.7 Å². The minimum atomic E-state index is -0.746. The molecule has 2 aromatic rings. The zero-order valence-electron chi connectivity index (χ0n) is 19.7. The van der Waals surface area contributed by atoms with E-state index in [1.54, 1.807) is 27.7 Å². The molecule has 33 heavy (non-hydrogen) atoms. The van der Waals surface area contributed by atoms with Crippen molar-refractivity contribution in [3.8, 4) is 0 Å². The number of aryl methyl sites for hydroxylation is 1. The second-order valence-corrected chi connectivity index (χ2v) is 8.63. The zero-order valence-corrected chi connectivity index (χ0v) is 20.6. The van der Waals surface area contributed by atoms with Gasteiger partial charge in [-0.25, -0.2) is 14.4 Å². The van der Waals surface area contributed by atoms with E-state index < -0.39 is 30.4 Å². The summed E-state index contributed by atoms with van der Waals surface area (Å²) < 4.78 is 15.3. The minimum absolute atomic E-state index is 0.168. The van der Waals surface area contributed by atoms with Crippen LogP contribution in [0.15, 0.2) is 5.38 Å². The van der Waals surface area contributed by atoms with E-state index >= 15 is 0 Å². The number of H-pyrrole nitrogens is 1. The molecule has 2 N–H and O–H groups in total. The average molecular weight is 479 g/mol. The molecule has 0 atom stereocenters. The Labute approximate surface area is 196 Å². The maximum atomic E-state index is 12.6. The van der Waals surface area contributed by atoms with Crippen LogP contribution in [-0.4, -0.2) is 48.6 Å². The number of carbonyl (C=O) groups excluding carboxylic acids is 4. The number of rotatable bonds is 10. The van der Waals surface area contributed by atoms with Gasteiger partial charge >= 0.3 is 17.9 Å². The highest BCUT2D eigenvalue weighted by molar-refractivity contribution is 7.15. The van der Waals surface area contributed by atoms with Crippen molar-refractivity contribution < 1.29 is 33.4 Å².